The van der Waals surface area contributed by atoms with E-state index in [4.69, 9.17) is 4.74 Å². The van der Waals surface area contributed by atoms with Crippen LogP contribution < -0.4 is 15.4 Å². The number of rotatable bonds is 3. The molecule has 2 aliphatic carbocycles. The zero-order valence-corrected chi connectivity index (χ0v) is 10.4. The van der Waals surface area contributed by atoms with Crippen molar-refractivity contribution in [1.82, 2.24) is 10.6 Å². The van der Waals surface area contributed by atoms with Crippen molar-refractivity contribution in [1.29, 1.82) is 0 Å². The lowest BCUT2D eigenvalue weighted by atomic mass is 10.1. The zero-order valence-electron chi connectivity index (χ0n) is 10.4. The molecule has 1 fully saturated rings. The maximum absolute atomic E-state index is 10.4. The normalized spacial score (nSPS) is 18.4. The Kier molecular flexibility index (Phi) is 3.50. The molecular formula is C13H16N2O3. The fourth-order valence-corrected chi connectivity index (χ4v) is 1.60. The van der Waals surface area contributed by atoms with Gasteiger partial charge in [-0.1, -0.05) is 19.1 Å². The first-order chi connectivity index (χ1) is 8.61. The van der Waals surface area contributed by atoms with E-state index in [1.54, 1.807) is 6.92 Å². The molecule has 2 N–H and O–H groups in total. The Morgan fingerprint density at radius 3 is 2.39 bits per heavy atom. The summed E-state index contributed by atoms with van der Waals surface area (Å²) in [6.07, 6.45) is 1.09. The standard InChI is InChI=1S/C9H10O.C4H6N2O2/c1-2-5-10-9-6-7-3-4-8(7)9;1-2-3(7)6-4(8)5-2/h3-4,6H,2,5H2,1H3;2H,1H3,(H2,5,6,7,8). The Bertz CT molecular complexity index is 568. The molecule has 0 spiro atoms. The summed E-state index contributed by atoms with van der Waals surface area (Å²) in [6.45, 7) is 4.59. The van der Waals surface area contributed by atoms with Crippen LogP contribution in [0.1, 0.15) is 20.3 Å². The number of hydrogen-bond acceptors (Lipinski definition) is 3. The summed E-state index contributed by atoms with van der Waals surface area (Å²) in [5.41, 5.74) is 0. The number of carbonyl (C=O) groups excluding carboxylic acids is 2. The van der Waals surface area contributed by atoms with Gasteiger partial charge >= 0.3 is 6.03 Å². The van der Waals surface area contributed by atoms with Gasteiger partial charge in [0, 0.05) is 5.22 Å². The van der Waals surface area contributed by atoms with E-state index in [0.29, 0.717) is 0 Å². The summed E-state index contributed by atoms with van der Waals surface area (Å²) < 4.78 is 5.41. The van der Waals surface area contributed by atoms with E-state index in [9.17, 15) is 9.59 Å². The van der Waals surface area contributed by atoms with E-state index in [0.717, 1.165) is 18.8 Å². The van der Waals surface area contributed by atoms with Gasteiger partial charge in [-0.15, -0.1) is 0 Å². The minimum Gasteiger partial charge on any atom is -0.493 e. The number of imide groups is 1. The van der Waals surface area contributed by atoms with Crippen LogP contribution in [0.5, 0.6) is 5.75 Å². The van der Waals surface area contributed by atoms with E-state index in [1.165, 1.54) is 10.4 Å². The third-order valence-electron chi connectivity index (χ3n) is 2.73. The number of urea groups is 1. The molecule has 3 aliphatic rings. The molecule has 1 heterocycles. The number of benzene rings is 1. The van der Waals surface area contributed by atoms with E-state index in [2.05, 4.69) is 35.8 Å². The van der Waals surface area contributed by atoms with Crippen LogP contribution in [0.25, 0.3) is 0 Å². The van der Waals surface area contributed by atoms with Gasteiger partial charge in [-0.25, -0.2) is 4.79 Å². The van der Waals surface area contributed by atoms with E-state index in [-0.39, 0.29) is 11.9 Å². The molecule has 1 saturated heterocycles. The fourth-order valence-electron chi connectivity index (χ4n) is 1.60. The van der Waals surface area contributed by atoms with Gasteiger partial charge in [0.1, 0.15) is 11.8 Å². The largest absolute Gasteiger partial charge is 0.493 e. The van der Waals surface area contributed by atoms with Crippen molar-refractivity contribution in [3.63, 3.8) is 0 Å². The summed E-state index contributed by atoms with van der Waals surface area (Å²) in [6, 6.07) is 5.53. The topological polar surface area (TPSA) is 67.4 Å². The monoisotopic (exact) mass is 248 g/mol. The van der Waals surface area contributed by atoms with Crippen molar-refractivity contribution >= 4 is 11.9 Å². The van der Waals surface area contributed by atoms with Gasteiger partial charge in [-0.2, -0.15) is 0 Å². The number of carbonyl (C=O) groups is 2. The van der Waals surface area contributed by atoms with Crippen molar-refractivity contribution in [2.45, 2.75) is 26.3 Å². The predicted molar refractivity (Wildman–Crippen MR) is 66.0 cm³/mol. The van der Waals surface area contributed by atoms with Gasteiger partial charge in [-0.05, 0) is 24.6 Å². The second kappa shape index (κ2) is 5.08. The molecule has 0 saturated carbocycles. The number of hydrogen-bond donors (Lipinski definition) is 2. The third-order valence-corrected chi connectivity index (χ3v) is 2.73. The van der Waals surface area contributed by atoms with E-state index in [1.807, 2.05) is 0 Å². The van der Waals surface area contributed by atoms with Crippen LogP contribution >= 0.6 is 0 Å². The molecule has 0 aromatic heterocycles. The van der Waals surface area contributed by atoms with Crippen LogP contribution in [0.3, 0.4) is 0 Å². The van der Waals surface area contributed by atoms with Crippen molar-refractivity contribution in [2.75, 3.05) is 6.61 Å². The second-order valence-electron chi connectivity index (χ2n) is 4.24. The smallest absolute Gasteiger partial charge is 0.322 e. The molecule has 96 valence electrons. The molecule has 0 aromatic rings. The minimum absolute atomic E-state index is 0.255. The summed E-state index contributed by atoms with van der Waals surface area (Å²) in [5, 5.41) is 7.11. The third kappa shape index (κ3) is 2.45. The molecule has 5 heteroatoms. The Balaban J connectivity index is 0.000000138. The average molecular weight is 248 g/mol. The van der Waals surface area contributed by atoms with Crippen LogP contribution in [-0.2, 0) is 4.79 Å². The SMILES string of the molecule is CC1NC(=O)NC1=O.CCCOc1cc2ccc1=2. The van der Waals surface area contributed by atoms with Crippen LogP contribution in [-0.4, -0.2) is 24.6 Å². The lowest BCUT2D eigenvalue weighted by Crippen LogP contribution is -2.24. The molecular weight excluding hydrogens is 232 g/mol. The molecule has 0 aromatic carbocycles. The highest BCUT2D eigenvalue weighted by Crippen LogP contribution is 2.23. The molecule has 1 aliphatic heterocycles. The quantitative estimate of drug-likeness (QED) is 0.804. The molecule has 5 nitrogen and oxygen atoms in total. The first-order valence-electron chi connectivity index (χ1n) is 6.00. The van der Waals surface area contributed by atoms with E-state index >= 15 is 0 Å². The molecule has 3 amide bonds. The molecule has 1 atom stereocenters. The van der Waals surface area contributed by atoms with Gasteiger partial charge in [0.25, 0.3) is 0 Å². The van der Waals surface area contributed by atoms with Gasteiger partial charge in [-0.3, -0.25) is 10.1 Å². The lowest BCUT2D eigenvalue weighted by molar-refractivity contribution is -0.119. The highest BCUT2D eigenvalue weighted by atomic mass is 16.5. The van der Waals surface area contributed by atoms with Gasteiger partial charge < -0.3 is 10.1 Å². The second-order valence-corrected chi connectivity index (χ2v) is 4.24. The molecule has 3 rings (SSSR count). The predicted octanol–water partition coefficient (Wildman–Crippen LogP) is 1.29. The number of nitrogens with one attached hydrogen (secondary N) is 2. The van der Waals surface area contributed by atoms with Crippen LogP contribution in [0, 0.1) is 10.4 Å². The van der Waals surface area contributed by atoms with Crippen LogP contribution in [0.2, 0.25) is 0 Å². The number of ether oxygens (including phenoxy) is 1. The first kappa shape index (κ1) is 12.4. The minimum atomic E-state index is -0.400. The summed E-state index contributed by atoms with van der Waals surface area (Å²) in [4.78, 5) is 20.6. The van der Waals surface area contributed by atoms with Crippen molar-refractivity contribution in [2.24, 2.45) is 0 Å². The summed E-state index contributed by atoms with van der Waals surface area (Å²) in [7, 11) is 0. The lowest BCUT2D eigenvalue weighted by Gasteiger charge is -2.11. The highest BCUT2D eigenvalue weighted by Gasteiger charge is 2.24. The Labute approximate surface area is 105 Å². The highest BCUT2D eigenvalue weighted by molar-refractivity contribution is 6.03. The summed E-state index contributed by atoms with van der Waals surface area (Å²) >= 11 is 0. The molecule has 18 heavy (non-hydrogen) atoms. The first-order valence-corrected chi connectivity index (χ1v) is 6.00. The average Bonchev–Trinajstić information content (AvgIpc) is 2.59. The Morgan fingerprint density at radius 1 is 1.33 bits per heavy atom. The maximum Gasteiger partial charge on any atom is 0.322 e. The Hall–Kier alpha value is -2.04. The Morgan fingerprint density at radius 2 is 2.11 bits per heavy atom. The van der Waals surface area contributed by atoms with Gasteiger partial charge in [0.15, 0.2) is 0 Å². The van der Waals surface area contributed by atoms with Crippen molar-refractivity contribution in [3.05, 3.63) is 28.6 Å². The maximum atomic E-state index is 10.4. The van der Waals surface area contributed by atoms with E-state index < -0.39 is 6.03 Å². The molecule has 1 unspecified atom stereocenters. The van der Waals surface area contributed by atoms with Gasteiger partial charge in [0.05, 0.1) is 6.61 Å². The molecule has 0 radical (unpaired) electrons. The summed E-state index contributed by atoms with van der Waals surface area (Å²) in [5.74, 6) is 0.828. The van der Waals surface area contributed by atoms with Crippen LogP contribution in [0.15, 0.2) is 18.2 Å². The molecule has 0 bridgehead atoms. The number of amides is 3. The van der Waals surface area contributed by atoms with Crippen molar-refractivity contribution in [3.8, 4) is 5.75 Å². The zero-order chi connectivity index (χ0) is 13.1. The van der Waals surface area contributed by atoms with Crippen LogP contribution in [0.4, 0.5) is 4.79 Å². The van der Waals surface area contributed by atoms with Crippen molar-refractivity contribution < 1.29 is 14.3 Å². The fraction of sp³-hybridized carbons (Fsp3) is 0.385. The van der Waals surface area contributed by atoms with Gasteiger partial charge in [0.2, 0.25) is 5.91 Å².